The van der Waals surface area contributed by atoms with E-state index in [1.165, 1.54) is 6.21 Å². The van der Waals surface area contributed by atoms with E-state index in [9.17, 15) is 4.79 Å². The number of nitrogens with zero attached hydrogens (tertiary/aromatic N) is 2. The minimum atomic E-state index is -0.418. The molecule has 0 aromatic heterocycles. The molecule has 5 nitrogen and oxygen atoms in total. The minimum absolute atomic E-state index is 0.193. The van der Waals surface area contributed by atoms with E-state index in [0.29, 0.717) is 6.61 Å². The van der Waals surface area contributed by atoms with Gasteiger partial charge < -0.3 is 4.74 Å². The Morgan fingerprint density at radius 3 is 2.84 bits per heavy atom. The number of hydrazone groups is 1. The van der Waals surface area contributed by atoms with Crippen LogP contribution in [0.25, 0.3) is 0 Å². The summed E-state index contributed by atoms with van der Waals surface area (Å²) in [5.74, 6) is 0.400. The summed E-state index contributed by atoms with van der Waals surface area (Å²) < 4.78 is 5.53. The highest BCUT2D eigenvalue weighted by Crippen LogP contribution is 2.11. The SMILES string of the molecule is CCCCOc1ccc(/C=N/NC(=O)CC#N)cc1. The third kappa shape index (κ3) is 6.22. The van der Waals surface area contributed by atoms with Crippen LogP contribution in [0.2, 0.25) is 0 Å². The molecule has 19 heavy (non-hydrogen) atoms. The molecule has 0 saturated heterocycles. The van der Waals surface area contributed by atoms with E-state index >= 15 is 0 Å². The van der Waals surface area contributed by atoms with Crippen molar-refractivity contribution in [3.05, 3.63) is 29.8 Å². The van der Waals surface area contributed by atoms with Gasteiger partial charge in [0.05, 0.1) is 18.9 Å². The molecule has 1 amide bonds. The number of amides is 1. The van der Waals surface area contributed by atoms with Crippen LogP contribution in [0.3, 0.4) is 0 Å². The van der Waals surface area contributed by atoms with E-state index in [4.69, 9.17) is 10.00 Å². The van der Waals surface area contributed by atoms with E-state index in [1.807, 2.05) is 24.3 Å². The van der Waals surface area contributed by atoms with Crippen molar-refractivity contribution in [2.24, 2.45) is 5.10 Å². The molecule has 0 bridgehead atoms. The van der Waals surface area contributed by atoms with Gasteiger partial charge in [0.1, 0.15) is 12.2 Å². The lowest BCUT2D eigenvalue weighted by Crippen LogP contribution is -2.16. The lowest BCUT2D eigenvalue weighted by molar-refractivity contribution is -0.120. The number of hydrogen-bond acceptors (Lipinski definition) is 4. The highest BCUT2D eigenvalue weighted by Gasteiger charge is 1.96. The average Bonchev–Trinajstić information content (AvgIpc) is 2.41. The second-order valence-corrected chi connectivity index (χ2v) is 3.90. The molecule has 0 saturated carbocycles. The Hall–Kier alpha value is -2.35. The van der Waals surface area contributed by atoms with Crippen LogP contribution < -0.4 is 10.2 Å². The second kappa shape index (κ2) is 8.70. The number of benzene rings is 1. The van der Waals surface area contributed by atoms with E-state index in [-0.39, 0.29) is 6.42 Å². The molecule has 0 aliphatic rings. The Labute approximate surface area is 112 Å². The van der Waals surface area contributed by atoms with Crippen LogP contribution in [0, 0.1) is 11.3 Å². The predicted molar refractivity (Wildman–Crippen MR) is 72.8 cm³/mol. The summed E-state index contributed by atoms with van der Waals surface area (Å²) >= 11 is 0. The van der Waals surface area contributed by atoms with Crippen LogP contribution in [0.15, 0.2) is 29.4 Å². The standard InChI is InChI=1S/C14H17N3O2/c1-2-3-10-19-13-6-4-12(5-7-13)11-16-17-14(18)8-9-15/h4-7,11H,2-3,8,10H2,1H3,(H,17,18)/b16-11+. The molecule has 1 N–H and O–H groups in total. The minimum Gasteiger partial charge on any atom is -0.494 e. The molecule has 0 unspecified atom stereocenters. The monoisotopic (exact) mass is 259 g/mol. The van der Waals surface area contributed by atoms with Gasteiger partial charge in [-0.1, -0.05) is 13.3 Å². The number of carbonyl (C=O) groups excluding carboxylic acids is 1. The first-order valence-electron chi connectivity index (χ1n) is 6.18. The topological polar surface area (TPSA) is 74.5 Å². The molecule has 0 aliphatic carbocycles. The zero-order valence-corrected chi connectivity index (χ0v) is 10.9. The maximum atomic E-state index is 11.0. The molecule has 0 spiro atoms. The third-order valence-corrected chi connectivity index (χ3v) is 2.29. The van der Waals surface area contributed by atoms with Crippen molar-refractivity contribution in [3.8, 4) is 11.8 Å². The van der Waals surface area contributed by atoms with E-state index in [0.717, 1.165) is 24.2 Å². The fourth-order valence-electron chi connectivity index (χ4n) is 1.27. The van der Waals surface area contributed by atoms with E-state index in [1.54, 1.807) is 6.07 Å². The van der Waals surface area contributed by atoms with Crippen LogP contribution in [0.4, 0.5) is 0 Å². The van der Waals surface area contributed by atoms with Crippen LogP contribution in [-0.4, -0.2) is 18.7 Å². The average molecular weight is 259 g/mol. The van der Waals surface area contributed by atoms with Crippen molar-refractivity contribution < 1.29 is 9.53 Å². The molecule has 5 heteroatoms. The van der Waals surface area contributed by atoms with Gasteiger partial charge >= 0.3 is 0 Å². The highest BCUT2D eigenvalue weighted by atomic mass is 16.5. The van der Waals surface area contributed by atoms with Crippen LogP contribution in [-0.2, 0) is 4.79 Å². The largest absolute Gasteiger partial charge is 0.494 e. The zero-order valence-electron chi connectivity index (χ0n) is 10.9. The number of ether oxygens (including phenoxy) is 1. The van der Waals surface area contributed by atoms with Gasteiger partial charge in [0.2, 0.25) is 0 Å². The Morgan fingerprint density at radius 1 is 1.47 bits per heavy atom. The molecule has 0 radical (unpaired) electrons. The normalized spacial score (nSPS) is 10.1. The Bertz CT molecular complexity index is 461. The molecule has 1 aromatic rings. The molecular formula is C14H17N3O2. The van der Waals surface area contributed by atoms with Gasteiger partial charge in [0, 0.05) is 0 Å². The summed E-state index contributed by atoms with van der Waals surface area (Å²) in [6.07, 6.45) is 3.47. The Kier molecular flexibility index (Phi) is 6.73. The van der Waals surface area contributed by atoms with Gasteiger partial charge in [-0.05, 0) is 36.2 Å². The summed E-state index contributed by atoms with van der Waals surface area (Å²) in [6, 6.07) is 9.15. The number of rotatable bonds is 7. The summed E-state index contributed by atoms with van der Waals surface area (Å²) in [5.41, 5.74) is 3.11. The van der Waals surface area contributed by atoms with Gasteiger partial charge in [0.25, 0.3) is 5.91 Å². The molecule has 1 aromatic carbocycles. The van der Waals surface area contributed by atoms with E-state index in [2.05, 4.69) is 17.5 Å². The maximum absolute atomic E-state index is 11.0. The molecule has 0 atom stereocenters. The summed E-state index contributed by atoms with van der Waals surface area (Å²) in [7, 11) is 0. The van der Waals surface area contributed by atoms with E-state index < -0.39 is 5.91 Å². The van der Waals surface area contributed by atoms with Gasteiger partial charge in [-0.15, -0.1) is 0 Å². The third-order valence-electron chi connectivity index (χ3n) is 2.29. The smallest absolute Gasteiger partial charge is 0.254 e. The molecule has 0 heterocycles. The van der Waals surface area contributed by atoms with Crippen molar-refractivity contribution in [3.63, 3.8) is 0 Å². The number of hydrogen-bond donors (Lipinski definition) is 1. The fourth-order valence-corrected chi connectivity index (χ4v) is 1.27. The summed E-state index contributed by atoms with van der Waals surface area (Å²) in [6.45, 7) is 2.83. The number of nitrogens with one attached hydrogen (secondary N) is 1. The molecular weight excluding hydrogens is 242 g/mol. The lowest BCUT2D eigenvalue weighted by Gasteiger charge is -2.04. The quantitative estimate of drug-likeness (QED) is 0.463. The van der Waals surface area contributed by atoms with Crippen molar-refractivity contribution >= 4 is 12.1 Å². The van der Waals surface area contributed by atoms with Crippen molar-refractivity contribution in [1.82, 2.24) is 5.43 Å². The van der Waals surface area contributed by atoms with Crippen LogP contribution in [0.1, 0.15) is 31.7 Å². The Balaban J connectivity index is 2.41. The first kappa shape index (κ1) is 14.7. The van der Waals surface area contributed by atoms with Crippen LogP contribution >= 0.6 is 0 Å². The second-order valence-electron chi connectivity index (χ2n) is 3.90. The maximum Gasteiger partial charge on any atom is 0.254 e. The van der Waals surface area contributed by atoms with Gasteiger partial charge in [0.15, 0.2) is 0 Å². The number of carbonyl (C=O) groups is 1. The fraction of sp³-hybridized carbons (Fsp3) is 0.357. The summed E-state index contributed by atoms with van der Waals surface area (Å²) in [5, 5.41) is 12.0. The summed E-state index contributed by atoms with van der Waals surface area (Å²) in [4.78, 5) is 11.0. The van der Waals surface area contributed by atoms with Crippen LogP contribution in [0.5, 0.6) is 5.75 Å². The van der Waals surface area contributed by atoms with Gasteiger partial charge in [-0.2, -0.15) is 10.4 Å². The van der Waals surface area contributed by atoms with Gasteiger partial charge in [-0.25, -0.2) is 5.43 Å². The molecule has 0 fully saturated rings. The van der Waals surface area contributed by atoms with Crippen molar-refractivity contribution in [1.29, 1.82) is 5.26 Å². The Morgan fingerprint density at radius 2 is 2.21 bits per heavy atom. The number of unbranched alkanes of at least 4 members (excludes halogenated alkanes) is 1. The molecule has 100 valence electrons. The highest BCUT2D eigenvalue weighted by molar-refractivity contribution is 5.83. The lowest BCUT2D eigenvalue weighted by atomic mass is 10.2. The molecule has 1 rings (SSSR count). The number of nitriles is 1. The van der Waals surface area contributed by atoms with Crippen molar-refractivity contribution in [2.45, 2.75) is 26.2 Å². The first-order valence-corrected chi connectivity index (χ1v) is 6.18. The zero-order chi connectivity index (χ0) is 13.9. The first-order chi connectivity index (χ1) is 9.26. The van der Waals surface area contributed by atoms with Gasteiger partial charge in [-0.3, -0.25) is 4.79 Å². The van der Waals surface area contributed by atoms with Crippen molar-refractivity contribution in [2.75, 3.05) is 6.61 Å². The molecule has 0 aliphatic heterocycles. The predicted octanol–water partition coefficient (Wildman–Crippen LogP) is 2.23.